The van der Waals surface area contributed by atoms with Crippen LogP contribution in [0.1, 0.15) is 40.5 Å². The Bertz CT molecular complexity index is 309. The van der Waals surface area contributed by atoms with Crippen LogP contribution in [0.15, 0.2) is 0 Å². The number of hydrogen-bond donors (Lipinski definition) is 1. The van der Waals surface area contributed by atoms with Gasteiger partial charge in [0, 0.05) is 13.1 Å². The monoisotopic (exact) mass is 256 g/mol. The number of nitrogens with two attached hydrogens (primary N) is 1. The molecule has 0 radical (unpaired) electrons. The zero-order valence-electron chi connectivity index (χ0n) is 11.3. The highest BCUT2D eigenvalue weighted by molar-refractivity contribution is 7.80. The molecule has 0 unspecified atom stereocenters. The number of thiocarbonyl (C=S) groups is 1. The fraction of sp³-hybridized carbons (Fsp3) is 0.846. The van der Waals surface area contributed by atoms with E-state index < -0.39 is 5.41 Å². The van der Waals surface area contributed by atoms with Gasteiger partial charge in [-0.05, 0) is 31.6 Å². The van der Waals surface area contributed by atoms with Crippen LogP contribution in [0.2, 0.25) is 0 Å². The highest BCUT2D eigenvalue weighted by Crippen LogP contribution is 2.47. The average Bonchev–Trinajstić information content (AvgIpc) is 2.19. The van der Waals surface area contributed by atoms with Crippen molar-refractivity contribution in [2.45, 2.75) is 40.5 Å². The fourth-order valence-electron chi connectivity index (χ4n) is 2.71. The Morgan fingerprint density at radius 2 is 2.06 bits per heavy atom. The average molecular weight is 256 g/mol. The van der Waals surface area contributed by atoms with E-state index in [0.29, 0.717) is 16.8 Å². The minimum absolute atomic E-state index is 0.138. The van der Waals surface area contributed by atoms with Crippen molar-refractivity contribution in [3.05, 3.63) is 0 Å². The molecule has 1 rings (SSSR count). The van der Waals surface area contributed by atoms with E-state index >= 15 is 0 Å². The van der Waals surface area contributed by atoms with Crippen LogP contribution in [-0.4, -0.2) is 28.9 Å². The van der Waals surface area contributed by atoms with E-state index in [1.54, 1.807) is 0 Å². The molecule has 98 valence electrons. The number of amides is 1. The Balaban J connectivity index is 2.81. The molecule has 0 aromatic rings. The van der Waals surface area contributed by atoms with Gasteiger partial charge in [-0.1, -0.05) is 33.0 Å². The Kier molecular flexibility index (Phi) is 4.53. The van der Waals surface area contributed by atoms with Crippen molar-refractivity contribution in [2.75, 3.05) is 13.1 Å². The van der Waals surface area contributed by atoms with Crippen molar-refractivity contribution < 1.29 is 4.79 Å². The molecule has 0 aromatic carbocycles. The maximum atomic E-state index is 12.6. The molecule has 0 saturated heterocycles. The summed E-state index contributed by atoms with van der Waals surface area (Å²) in [5, 5.41) is 0. The fourth-order valence-corrected chi connectivity index (χ4v) is 2.96. The van der Waals surface area contributed by atoms with Gasteiger partial charge in [0.05, 0.1) is 10.4 Å². The van der Waals surface area contributed by atoms with Crippen molar-refractivity contribution in [1.82, 2.24) is 4.90 Å². The Labute approximate surface area is 110 Å². The molecule has 1 aliphatic rings. The van der Waals surface area contributed by atoms with Gasteiger partial charge in [0.1, 0.15) is 0 Å². The SMILES string of the molecule is CCN(CC(C)C)C(=O)C1(C(N)=S)CC(C)C1. The molecule has 0 spiro atoms. The first-order valence-corrected chi connectivity index (χ1v) is 6.83. The molecule has 0 heterocycles. The zero-order chi connectivity index (χ0) is 13.2. The summed E-state index contributed by atoms with van der Waals surface area (Å²) in [5.74, 6) is 1.16. The molecule has 0 atom stereocenters. The van der Waals surface area contributed by atoms with Crippen molar-refractivity contribution in [3.63, 3.8) is 0 Å². The molecule has 0 aromatic heterocycles. The molecule has 17 heavy (non-hydrogen) atoms. The first-order valence-electron chi connectivity index (χ1n) is 6.42. The first-order chi connectivity index (χ1) is 7.83. The number of carbonyl (C=O) groups is 1. The molecule has 1 saturated carbocycles. The second kappa shape index (κ2) is 5.34. The van der Waals surface area contributed by atoms with Crippen molar-refractivity contribution in [1.29, 1.82) is 0 Å². The summed E-state index contributed by atoms with van der Waals surface area (Å²) in [6.45, 7) is 9.90. The van der Waals surface area contributed by atoms with Crippen LogP contribution in [-0.2, 0) is 4.79 Å². The molecule has 1 amide bonds. The normalized spacial score (nSPS) is 27.7. The summed E-state index contributed by atoms with van der Waals surface area (Å²) < 4.78 is 0. The van der Waals surface area contributed by atoms with Crippen LogP contribution in [0, 0.1) is 17.3 Å². The van der Waals surface area contributed by atoms with Gasteiger partial charge in [0.2, 0.25) is 5.91 Å². The largest absolute Gasteiger partial charge is 0.392 e. The topological polar surface area (TPSA) is 46.3 Å². The number of hydrogen-bond acceptors (Lipinski definition) is 2. The number of nitrogens with zero attached hydrogens (tertiary/aromatic N) is 1. The maximum absolute atomic E-state index is 12.6. The molecule has 4 heteroatoms. The van der Waals surface area contributed by atoms with E-state index in [4.69, 9.17) is 18.0 Å². The summed E-state index contributed by atoms with van der Waals surface area (Å²) in [6.07, 6.45) is 1.63. The smallest absolute Gasteiger partial charge is 0.235 e. The summed E-state index contributed by atoms with van der Waals surface area (Å²) in [5.41, 5.74) is 5.26. The van der Waals surface area contributed by atoms with E-state index in [-0.39, 0.29) is 5.91 Å². The van der Waals surface area contributed by atoms with E-state index in [0.717, 1.165) is 25.9 Å². The van der Waals surface area contributed by atoms with E-state index in [1.807, 2.05) is 11.8 Å². The maximum Gasteiger partial charge on any atom is 0.235 e. The third kappa shape index (κ3) is 2.79. The van der Waals surface area contributed by atoms with Crippen LogP contribution in [0.25, 0.3) is 0 Å². The Morgan fingerprint density at radius 3 is 2.35 bits per heavy atom. The second-order valence-electron chi connectivity index (χ2n) is 5.70. The number of rotatable bonds is 5. The minimum Gasteiger partial charge on any atom is -0.392 e. The summed E-state index contributed by atoms with van der Waals surface area (Å²) >= 11 is 5.12. The van der Waals surface area contributed by atoms with Crippen LogP contribution < -0.4 is 5.73 Å². The van der Waals surface area contributed by atoms with Gasteiger partial charge in [-0.3, -0.25) is 4.79 Å². The minimum atomic E-state index is -0.542. The Morgan fingerprint density at radius 1 is 1.53 bits per heavy atom. The van der Waals surface area contributed by atoms with Crippen LogP contribution in [0.3, 0.4) is 0 Å². The quantitative estimate of drug-likeness (QED) is 0.767. The third-order valence-electron chi connectivity index (χ3n) is 3.53. The summed E-state index contributed by atoms with van der Waals surface area (Å²) in [7, 11) is 0. The van der Waals surface area contributed by atoms with Gasteiger partial charge < -0.3 is 10.6 Å². The predicted molar refractivity (Wildman–Crippen MR) is 74.7 cm³/mol. The second-order valence-corrected chi connectivity index (χ2v) is 6.14. The van der Waals surface area contributed by atoms with E-state index in [9.17, 15) is 4.79 Å². The van der Waals surface area contributed by atoms with Gasteiger partial charge in [0.25, 0.3) is 0 Å². The third-order valence-corrected chi connectivity index (χ3v) is 3.92. The highest BCUT2D eigenvalue weighted by Gasteiger charge is 2.52. The van der Waals surface area contributed by atoms with Gasteiger partial charge in [-0.2, -0.15) is 0 Å². The highest BCUT2D eigenvalue weighted by atomic mass is 32.1. The molecule has 2 N–H and O–H groups in total. The lowest BCUT2D eigenvalue weighted by molar-refractivity contribution is -0.144. The lowest BCUT2D eigenvalue weighted by Gasteiger charge is -2.46. The van der Waals surface area contributed by atoms with Crippen LogP contribution in [0.4, 0.5) is 0 Å². The van der Waals surface area contributed by atoms with Crippen LogP contribution >= 0.6 is 12.2 Å². The lowest BCUT2D eigenvalue weighted by atomic mass is 9.61. The van der Waals surface area contributed by atoms with Gasteiger partial charge in [-0.25, -0.2) is 0 Å². The van der Waals surface area contributed by atoms with E-state index in [2.05, 4.69) is 20.8 Å². The standard InChI is InChI=1S/C13H24N2OS/c1-5-15(8-9(2)3)12(16)13(11(14)17)6-10(4)7-13/h9-10H,5-8H2,1-4H3,(H2,14,17). The predicted octanol–water partition coefficient (Wildman–Crippen LogP) is 2.19. The lowest BCUT2D eigenvalue weighted by Crippen LogP contribution is -2.57. The van der Waals surface area contributed by atoms with Crippen molar-refractivity contribution >= 4 is 23.1 Å². The molecular weight excluding hydrogens is 232 g/mol. The number of carbonyl (C=O) groups excluding carboxylic acids is 1. The van der Waals surface area contributed by atoms with Crippen LogP contribution in [0.5, 0.6) is 0 Å². The van der Waals surface area contributed by atoms with Gasteiger partial charge in [-0.15, -0.1) is 0 Å². The zero-order valence-corrected chi connectivity index (χ0v) is 12.1. The molecule has 0 bridgehead atoms. The van der Waals surface area contributed by atoms with Crippen molar-refractivity contribution in [2.24, 2.45) is 23.0 Å². The Hall–Kier alpha value is -0.640. The van der Waals surface area contributed by atoms with Gasteiger partial charge >= 0.3 is 0 Å². The van der Waals surface area contributed by atoms with E-state index in [1.165, 1.54) is 0 Å². The summed E-state index contributed by atoms with van der Waals surface area (Å²) in [6, 6.07) is 0. The summed E-state index contributed by atoms with van der Waals surface area (Å²) in [4.78, 5) is 14.8. The molecule has 1 fully saturated rings. The molecule has 3 nitrogen and oxygen atoms in total. The van der Waals surface area contributed by atoms with Crippen molar-refractivity contribution in [3.8, 4) is 0 Å². The molecule has 1 aliphatic carbocycles. The van der Waals surface area contributed by atoms with Gasteiger partial charge in [0.15, 0.2) is 0 Å². The first kappa shape index (κ1) is 14.4. The molecule has 0 aliphatic heterocycles. The molecular formula is C13H24N2OS.